The Morgan fingerprint density at radius 3 is 2.45 bits per heavy atom. The zero-order valence-electron chi connectivity index (χ0n) is 9.75. The van der Waals surface area contributed by atoms with E-state index in [1.54, 1.807) is 18.2 Å². The fraction of sp³-hybridized carbons (Fsp3) is 0. The van der Waals surface area contributed by atoms with Gasteiger partial charge in [-0.05, 0) is 34.1 Å². The first-order valence-corrected chi connectivity index (χ1v) is 6.13. The van der Waals surface area contributed by atoms with Gasteiger partial charge >= 0.3 is 0 Å². The number of anilines is 1. The van der Waals surface area contributed by atoms with Gasteiger partial charge < -0.3 is 10.4 Å². The van der Waals surface area contributed by atoms with Crippen LogP contribution in [0.2, 0.25) is 0 Å². The summed E-state index contributed by atoms with van der Waals surface area (Å²) in [6.45, 7) is 0. The van der Waals surface area contributed by atoms with Crippen LogP contribution >= 0.6 is 15.9 Å². The van der Waals surface area contributed by atoms with Gasteiger partial charge in [0.25, 0.3) is 5.91 Å². The Morgan fingerprint density at radius 1 is 1.15 bits per heavy atom. The summed E-state index contributed by atoms with van der Waals surface area (Å²) in [5.74, 6) is -7.31. The van der Waals surface area contributed by atoms with Crippen LogP contribution in [0.25, 0.3) is 0 Å². The molecule has 0 atom stereocenters. The average Bonchev–Trinajstić information content (AvgIpc) is 2.43. The van der Waals surface area contributed by atoms with E-state index >= 15 is 0 Å². The van der Waals surface area contributed by atoms with Gasteiger partial charge in [0.05, 0.1) is 11.3 Å². The van der Waals surface area contributed by atoms with Gasteiger partial charge in [0.1, 0.15) is 0 Å². The van der Waals surface area contributed by atoms with Crippen molar-refractivity contribution in [3.63, 3.8) is 0 Å². The third kappa shape index (κ3) is 2.62. The molecular weight excluding hydrogens is 339 g/mol. The highest BCUT2D eigenvalue weighted by Crippen LogP contribution is 2.27. The molecule has 2 aromatic carbocycles. The standard InChI is InChI=1S/C13H7BrF3NO2/c14-7-3-1-2-4-9(7)18-13(20)6-5-8(15)11(17)12(19)10(6)16/h1-5,19H,(H,18,20). The minimum absolute atomic E-state index is 0.320. The van der Waals surface area contributed by atoms with Crippen LogP contribution in [-0.2, 0) is 0 Å². The molecule has 0 bridgehead atoms. The SMILES string of the molecule is O=C(Nc1ccccc1Br)c1cc(F)c(F)c(O)c1F. The summed E-state index contributed by atoms with van der Waals surface area (Å²) in [5, 5.41) is 11.4. The van der Waals surface area contributed by atoms with Crippen molar-refractivity contribution in [1.82, 2.24) is 0 Å². The fourth-order valence-electron chi connectivity index (χ4n) is 1.51. The van der Waals surface area contributed by atoms with Gasteiger partial charge in [0, 0.05) is 4.47 Å². The van der Waals surface area contributed by atoms with Crippen LogP contribution in [0, 0.1) is 17.5 Å². The van der Waals surface area contributed by atoms with Gasteiger partial charge in [-0.1, -0.05) is 12.1 Å². The van der Waals surface area contributed by atoms with Gasteiger partial charge in [-0.3, -0.25) is 4.79 Å². The maximum atomic E-state index is 13.6. The second-order valence-electron chi connectivity index (χ2n) is 3.82. The van der Waals surface area contributed by atoms with E-state index in [4.69, 9.17) is 5.11 Å². The van der Waals surface area contributed by atoms with E-state index < -0.39 is 34.7 Å². The number of nitrogens with one attached hydrogen (secondary N) is 1. The molecule has 0 unspecified atom stereocenters. The Bertz CT molecular complexity index is 692. The number of para-hydroxylation sites is 1. The van der Waals surface area contributed by atoms with Crippen molar-refractivity contribution >= 4 is 27.5 Å². The topological polar surface area (TPSA) is 49.3 Å². The first-order chi connectivity index (χ1) is 9.41. The number of aromatic hydroxyl groups is 1. The summed E-state index contributed by atoms with van der Waals surface area (Å²) >= 11 is 3.16. The van der Waals surface area contributed by atoms with Crippen LogP contribution in [0.15, 0.2) is 34.8 Å². The molecule has 0 saturated heterocycles. The number of rotatable bonds is 2. The summed E-state index contributed by atoms with van der Waals surface area (Å²) in [6, 6.07) is 6.87. The normalized spacial score (nSPS) is 10.4. The lowest BCUT2D eigenvalue weighted by molar-refractivity contribution is 0.102. The Kier molecular flexibility index (Phi) is 3.99. The lowest BCUT2D eigenvalue weighted by Crippen LogP contribution is -2.15. The highest BCUT2D eigenvalue weighted by atomic mass is 79.9. The van der Waals surface area contributed by atoms with Gasteiger partial charge in [-0.2, -0.15) is 4.39 Å². The molecule has 20 heavy (non-hydrogen) atoms. The van der Waals surface area contributed by atoms with Crippen LogP contribution in [0.4, 0.5) is 18.9 Å². The molecule has 2 N–H and O–H groups in total. The van der Waals surface area contributed by atoms with Crippen LogP contribution in [0.1, 0.15) is 10.4 Å². The number of hydrogen-bond acceptors (Lipinski definition) is 2. The van der Waals surface area contributed by atoms with Crippen LogP contribution < -0.4 is 5.32 Å². The van der Waals surface area contributed by atoms with E-state index in [-0.39, 0.29) is 0 Å². The molecule has 0 aliphatic rings. The monoisotopic (exact) mass is 345 g/mol. The predicted octanol–water partition coefficient (Wildman–Crippen LogP) is 3.82. The van der Waals surface area contributed by atoms with Gasteiger partial charge in [-0.25, -0.2) is 8.78 Å². The minimum atomic E-state index is -1.74. The summed E-state index contributed by atoms with van der Waals surface area (Å²) in [6.07, 6.45) is 0. The van der Waals surface area contributed by atoms with Crippen LogP contribution in [0.5, 0.6) is 5.75 Å². The van der Waals surface area contributed by atoms with Crippen molar-refractivity contribution in [3.05, 3.63) is 57.8 Å². The van der Waals surface area contributed by atoms with Crippen LogP contribution in [0.3, 0.4) is 0 Å². The van der Waals surface area contributed by atoms with Crippen molar-refractivity contribution in [2.24, 2.45) is 0 Å². The molecule has 0 aromatic heterocycles. The molecule has 0 saturated carbocycles. The second-order valence-corrected chi connectivity index (χ2v) is 4.67. The molecule has 0 fully saturated rings. The minimum Gasteiger partial charge on any atom is -0.503 e. The number of carbonyl (C=O) groups is 1. The predicted molar refractivity (Wildman–Crippen MR) is 70.1 cm³/mol. The largest absolute Gasteiger partial charge is 0.503 e. The zero-order chi connectivity index (χ0) is 14.9. The molecule has 0 aliphatic carbocycles. The Balaban J connectivity index is 2.38. The smallest absolute Gasteiger partial charge is 0.258 e. The van der Waals surface area contributed by atoms with Gasteiger partial charge in [0.15, 0.2) is 17.4 Å². The lowest BCUT2D eigenvalue weighted by atomic mass is 10.1. The number of carbonyl (C=O) groups excluding carboxylic acids is 1. The molecular formula is C13H7BrF3NO2. The molecule has 0 radical (unpaired) electrons. The van der Waals surface area contributed by atoms with Crippen molar-refractivity contribution in [2.75, 3.05) is 5.32 Å². The highest BCUT2D eigenvalue weighted by molar-refractivity contribution is 9.10. The molecule has 1 amide bonds. The number of benzene rings is 2. The maximum absolute atomic E-state index is 13.6. The molecule has 7 heteroatoms. The lowest BCUT2D eigenvalue weighted by Gasteiger charge is -2.09. The summed E-state index contributed by atoms with van der Waals surface area (Å²) < 4.78 is 40.1. The van der Waals surface area contributed by atoms with E-state index in [0.717, 1.165) is 0 Å². The Labute approximate surface area is 120 Å². The van der Waals surface area contributed by atoms with E-state index in [1.807, 2.05) is 0 Å². The first-order valence-electron chi connectivity index (χ1n) is 5.34. The molecule has 0 spiro atoms. The van der Waals surface area contributed by atoms with Gasteiger partial charge in [-0.15, -0.1) is 0 Å². The van der Waals surface area contributed by atoms with Crippen molar-refractivity contribution < 1.29 is 23.1 Å². The number of hydrogen-bond donors (Lipinski definition) is 2. The molecule has 0 heterocycles. The van der Waals surface area contributed by atoms with Crippen LogP contribution in [-0.4, -0.2) is 11.0 Å². The number of halogens is 4. The summed E-state index contributed by atoms with van der Waals surface area (Å²) in [7, 11) is 0. The molecule has 2 rings (SSSR count). The zero-order valence-corrected chi connectivity index (χ0v) is 11.3. The third-order valence-corrected chi connectivity index (χ3v) is 3.19. The van der Waals surface area contributed by atoms with E-state index in [0.29, 0.717) is 16.2 Å². The quantitative estimate of drug-likeness (QED) is 0.813. The summed E-state index contributed by atoms with van der Waals surface area (Å²) in [5.41, 5.74) is -0.474. The van der Waals surface area contributed by atoms with E-state index in [2.05, 4.69) is 21.2 Å². The second kappa shape index (κ2) is 5.54. The Hall–Kier alpha value is -2.02. The highest BCUT2D eigenvalue weighted by Gasteiger charge is 2.22. The molecule has 2 aromatic rings. The number of phenols is 1. The van der Waals surface area contributed by atoms with E-state index in [9.17, 15) is 18.0 Å². The average molecular weight is 346 g/mol. The molecule has 3 nitrogen and oxygen atoms in total. The molecule has 104 valence electrons. The van der Waals surface area contributed by atoms with Crippen molar-refractivity contribution in [1.29, 1.82) is 0 Å². The fourth-order valence-corrected chi connectivity index (χ4v) is 1.89. The first kappa shape index (κ1) is 14.4. The van der Waals surface area contributed by atoms with Gasteiger partial charge in [0.2, 0.25) is 5.82 Å². The molecule has 0 aliphatic heterocycles. The van der Waals surface area contributed by atoms with E-state index in [1.165, 1.54) is 6.07 Å². The third-order valence-electron chi connectivity index (χ3n) is 2.50. The number of amides is 1. The van der Waals surface area contributed by atoms with Crippen molar-refractivity contribution in [2.45, 2.75) is 0 Å². The Morgan fingerprint density at radius 2 is 1.80 bits per heavy atom. The maximum Gasteiger partial charge on any atom is 0.258 e. The number of phenolic OH excluding ortho intramolecular Hbond substituents is 1. The van der Waals surface area contributed by atoms with Crippen molar-refractivity contribution in [3.8, 4) is 5.75 Å². The summed E-state index contributed by atoms with van der Waals surface area (Å²) in [4.78, 5) is 11.8.